The van der Waals surface area contributed by atoms with E-state index in [1.54, 1.807) is 37.3 Å². The normalized spacial score (nSPS) is 16.4. The molecule has 41 heavy (non-hydrogen) atoms. The van der Waals surface area contributed by atoms with Gasteiger partial charge in [0.05, 0.1) is 18.2 Å². The third-order valence-corrected chi connectivity index (χ3v) is 7.38. The smallest absolute Gasteiger partial charge is 0.295 e. The monoisotopic (exact) mass is 558 g/mol. The zero-order valence-electron chi connectivity index (χ0n) is 24.1. The van der Waals surface area contributed by atoms with Crippen molar-refractivity contribution in [2.45, 2.75) is 40.3 Å². The second kappa shape index (κ2) is 13.4. The summed E-state index contributed by atoms with van der Waals surface area (Å²) >= 11 is 0. The predicted molar refractivity (Wildman–Crippen MR) is 158 cm³/mol. The Morgan fingerprint density at radius 1 is 0.927 bits per heavy atom. The Kier molecular flexibility index (Phi) is 9.68. The van der Waals surface area contributed by atoms with Crippen molar-refractivity contribution in [1.29, 1.82) is 0 Å². The lowest BCUT2D eigenvalue weighted by molar-refractivity contribution is -0.140. The van der Waals surface area contributed by atoms with Gasteiger partial charge in [-0.3, -0.25) is 9.59 Å². The van der Waals surface area contributed by atoms with Gasteiger partial charge in [-0.2, -0.15) is 0 Å². The number of aromatic hydroxyl groups is 1. The van der Waals surface area contributed by atoms with Crippen LogP contribution < -0.4 is 9.47 Å². The number of ketones is 1. The molecule has 3 aromatic rings. The number of hydrogen-bond donors (Lipinski definition) is 2. The fraction of sp³-hybridized carbons (Fsp3) is 0.333. The molecule has 0 unspecified atom stereocenters. The van der Waals surface area contributed by atoms with Gasteiger partial charge < -0.3 is 29.5 Å². The summed E-state index contributed by atoms with van der Waals surface area (Å²) in [6, 6.07) is 18.9. The fourth-order valence-corrected chi connectivity index (χ4v) is 5.07. The summed E-state index contributed by atoms with van der Waals surface area (Å²) in [4.78, 5) is 30.5. The van der Waals surface area contributed by atoms with Crippen LogP contribution in [-0.4, -0.2) is 64.5 Å². The summed E-state index contributed by atoms with van der Waals surface area (Å²) in [5, 5.41) is 21.8. The van der Waals surface area contributed by atoms with Gasteiger partial charge in [-0.25, -0.2) is 0 Å². The van der Waals surface area contributed by atoms with E-state index in [0.29, 0.717) is 43.2 Å². The molecule has 1 heterocycles. The minimum Gasteiger partial charge on any atom is -0.507 e. The Balaban J connectivity index is 1.73. The molecule has 4 rings (SSSR count). The van der Waals surface area contributed by atoms with Gasteiger partial charge in [-0.05, 0) is 74.0 Å². The molecule has 0 radical (unpaired) electrons. The Bertz CT molecular complexity index is 1410. The van der Waals surface area contributed by atoms with Crippen molar-refractivity contribution in [3.05, 3.63) is 94.6 Å². The molecule has 1 fully saturated rings. The molecule has 0 saturated carbocycles. The summed E-state index contributed by atoms with van der Waals surface area (Å²) in [5.74, 6) is -0.828. The second-order valence-electron chi connectivity index (χ2n) is 9.93. The molecule has 0 bridgehead atoms. The predicted octanol–water partition coefficient (Wildman–Crippen LogP) is 5.44. The molecule has 1 aliphatic heterocycles. The number of ether oxygens (including phenoxy) is 2. The van der Waals surface area contributed by atoms with Gasteiger partial charge in [0.25, 0.3) is 11.7 Å². The summed E-state index contributed by atoms with van der Waals surface area (Å²) in [6.07, 6.45) is 0. The number of aryl methyl sites for hydroxylation is 1. The van der Waals surface area contributed by atoms with Crippen LogP contribution in [0.2, 0.25) is 0 Å². The lowest BCUT2D eigenvalue weighted by Gasteiger charge is -2.28. The quantitative estimate of drug-likeness (QED) is 0.173. The lowest BCUT2D eigenvalue weighted by Crippen LogP contribution is -2.38. The van der Waals surface area contributed by atoms with Gasteiger partial charge in [0, 0.05) is 18.7 Å². The number of likely N-dealkylation sites (N-methyl/N-ethyl adjacent to an activating group) is 1. The molecule has 1 atom stereocenters. The van der Waals surface area contributed by atoms with E-state index in [2.05, 4.69) is 4.90 Å². The summed E-state index contributed by atoms with van der Waals surface area (Å²) in [7, 11) is 0. The van der Waals surface area contributed by atoms with Crippen molar-refractivity contribution in [3.63, 3.8) is 0 Å². The average molecular weight is 559 g/mol. The van der Waals surface area contributed by atoms with Crippen LogP contribution in [0, 0.1) is 6.92 Å². The number of nitrogens with zero attached hydrogens (tertiary/aromatic N) is 2. The maximum absolute atomic E-state index is 13.5. The highest BCUT2D eigenvalue weighted by Crippen LogP contribution is 2.42. The Morgan fingerprint density at radius 3 is 2.32 bits per heavy atom. The number of Topliss-reactive ketones (excluding diaryl/α,β-unsaturated/α-hetero) is 1. The van der Waals surface area contributed by atoms with E-state index in [1.807, 2.05) is 51.1 Å². The highest BCUT2D eigenvalue weighted by Gasteiger charge is 2.46. The molecule has 1 amide bonds. The molecular weight excluding hydrogens is 520 g/mol. The van der Waals surface area contributed by atoms with Crippen molar-refractivity contribution in [2.24, 2.45) is 0 Å². The van der Waals surface area contributed by atoms with Crippen LogP contribution in [-0.2, 0) is 16.2 Å². The van der Waals surface area contributed by atoms with Crippen molar-refractivity contribution in [2.75, 3.05) is 32.8 Å². The molecule has 1 saturated heterocycles. The van der Waals surface area contributed by atoms with Crippen molar-refractivity contribution >= 4 is 17.4 Å². The molecule has 3 aromatic carbocycles. The van der Waals surface area contributed by atoms with E-state index in [4.69, 9.17) is 9.47 Å². The van der Waals surface area contributed by atoms with Gasteiger partial charge in [0.1, 0.15) is 18.1 Å². The number of phenolic OH excluding ortho intramolecular Hbond substituents is 1. The SMILES string of the molecule is CCOc1cc([C@@H]2C(=C(O)c3ccc(OCc4ccccc4)c(C)c3)C(=O)C(=O)N2CCN(CC)CC)ccc1O. The first kappa shape index (κ1) is 29.7. The fourth-order valence-electron chi connectivity index (χ4n) is 5.07. The van der Waals surface area contributed by atoms with Crippen molar-refractivity contribution in [3.8, 4) is 17.2 Å². The van der Waals surface area contributed by atoms with Gasteiger partial charge in [0.2, 0.25) is 0 Å². The number of rotatable bonds is 12. The van der Waals surface area contributed by atoms with E-state index >= 15 is 0 Å². The number of hydrogen-bond acceptors (Lipinski definition) is 7. The van der Waals surface area contributed by atoms with Gasteiger partial charge in [-0.15, -0.1) is 0 Å². The maximum Gasteiger partial charge on any atom is 0.295 e. The third-order valence-electron chi connectivity index (χ3n) is 7.38. The average Bonchev–Trinajstić information content (AvgIpc) is 3.23. The zero-order chi connectivity index (χ0) is 29.5. The number of amides is 1. The van der Waals surface area contributed by atoms with Gasteiger partial charge in [0.15, 0.2) is 11.5 Å². The Morgan fingerprint density at radius 2 is 1.66 bits per heavy atom. The largest absolute Gasteiger partial charge is 0.507 e. The lowest BCUT2D eigenvalue weighted by atomic mass is 9.94. The molecule has 0 aliphatic carbocycles. The first-order chi connectivity index (χ1) is 19.8. The van der Waals surface area contributed by atoms with Crippen LogP contribution in [0.1, 0.15) is 49.1 Å². The summed E-state index contributed by atoms with van der Waals surface area (Å²) < 4.78 is 11.6. The van der Waals surface area contributed by atoms with Crippen LogP contribution in [0.25, 0.3) is 5.76 Å². The zero-order valence-corrected chi connectivity index (χ0v) is 24.1. The van der Waals surface area contributed by atoms with Crippen molar-refractivity contribution < 1.29 is 29.3 Å². The number of likely N-dealkylation sites (tertiary alicyclic amines) is 1. The number of aliphatic hydroxyl groups excluding tert-OH is 1. The molecule has 216 valence electrons. The van der Waals surface area contributed by atoms with Crippen LogP contribution in [0.15, 0.2) is 72.3 Å². The number of aliphatic hydroxyl groups is 1. The Labute approximate surface area is 241 Å². The molecule has 8 heteroatoms. The topological polar surface area (TPSA) is 99.5 Å². The standard InChI is InChI=1S/C33H38N2O6/c1-5-34(6-2)17-18-35-30(24-13-15-26(36)28(20-24)40-7-3)29(32(38)33(35)39)31(37)25-14-16-27(22(4)19-25)41-21-23-11-9-8-10-12-23/h8-16,19-20,30,36-37H,5-7,17-18,21H2,1-4H3/t30-/m1/s1. The first-order valence-electron chi connectivity index (χ1n) is 14.0. The molecule has 0 spiro atoms. The number of phenols is 1. The third kappa shape index (κ3) is 6.55. The van der Waals surface area contributed by atoms with Crippen LogP contribution in [0.4, 0.5) is 0 Å². The van der Waals surface area contributed by atoms with E-state index in [9.17, 15) is 19.8 Å². The van der Waals surface area contributed by atoms with Crippen molar-refractivity contribution in [1.82, 2.24) is 9.80 Å². The van der Waals surface area contributed by atoms with E-state index in [0.717, 1.165) is 24.2 Å². The number of benzene rings is 3. The molecule has 0 aromatic heterocycles. The van der Waals surface area contributed by atoms with Gasteiger partial charge >= 0.3 is 0 Å². The summed E-state index contributed by atoms with van der Waals surface area (Å²) in [5.41, 5.74) is 2.78. The first-order valence-corrected chi connectivity index (χ1v) is 14.0. The highest BCUT2D eigenvalue weighted by atomic mass is 16.5. The van der Waals surface area contributed by atoms with Crippen LogP contribution in [0.5, 0.6) is 17.2 Å². The number of carbonyl (C=O) groups is 2. The molecule has 1 aliphatic rings. The molecule has 8 nitrogen and oxygen atoms in total. The Hall–Kier alpha value is -4.30. The molecule has 2 N–H and O–H groups in total. The highest BCUT2D eigenvalue weighted by molar-refractivity contribution is 6.46. The minimum atomic E-state index is -0.848. The second-order valence-corrected chi connectivity index (χ2v) is 9.93. The van der Waals surface area contributed by atoms with Crippen LogP contribution in [0.3, 0.4) is 0 Å². The molecular formula is C33H38N2O6. The van der Waals surface area contributed by atoms with Crippen LogP contribution >= 0.6 is 0 Å². The maximum atomic E-state index is 13.5. The van der Waals surface area contributed by atoms with E-state index in [-0.39, 0.29) is 22.8 Å². The number of carbonyl (C=O) groups excluding carboxylic acids is 2. The van der Waals surface area contributed by atoms with E-state index in [1.165, 1.54) is 11.0 Å². The van der Waals surface area contributed by atoms with Gasteiger partial charge in [-0.1, -0.05) is 50.2 Å². The minimum absolute atomic E-state index is 0.0000362. The van der Waals surface area contributed by atoms with E-state index < -0.39 is 17.7 Å². The summed E-state index contributed by atoms with van der Waals surface area (Å²) in [6.45, 7) is 10.9.